The Morgan fingerprint density at radius 1 is 0.944 bits per heavy atom. The van der Waals surface area contributed by atoms with E-state index in [2.05, 4.69) is 48.7 Å². The second-order valence-electron chi connectivity index (χ2n) is 8.88. The number of aryl methyl sites for hydroxylation is 1. The van der Waals surface area contributed by atoms with E-state index in [4.69, 9.17) is 9.72 Å². The highest BCUT2D eigenvalue weighted by atomic mass is 32.1. The fourth-order valence-corrected chi connectivity index (χ4v) is 6.61. The van der Waals surface area contributed by atoms with Crippen molar-refractivity contribution in [1.29, 1.82) is 0 Å². The Morgan fingerprint density at radius 3 is 2.58 bits per heavy atom. The Balaban J connectivity index is 1.54. The van der Waals surface area contributed by atoms with Gasteiger partial charge in [0.2, 0.25) is 0 Å². The lowest BCUT2D eigenvalue weighted by molar-refractivity contribution is 0.490. The van der Waals surface area contributed by atoms with Crippen molar-refractivity contribution in [1.82, 2.24) is 9.38 Å². The Kier molecular flexibility index (Phi) is 4.91. The van der Waals surface area contributed by atoms with Crippen LogP contribution in [0, 0.1) is 6.92 Å². The van der Waals surface area contributed by atoms with Crippen molar-refractivity contribution in [2.45, 2.75) is 12.8 Å². The summed E-state index contributed by atoms with van der Waals surface area (Å²) in [6.07, 6.45) is 2.02. The molecule has 0 saturated heterocycles. The van der Waals surface area contributed by atoms with Crippen molar-refractivity contribution < 1.29 is 4.74 Å². The largest absolute Gasteiger partial charge is 0.455 e. The number of imidazole rings is 1. The molecular weight excluding hydrogens is 484 g/mol. The van der Waals surface area contributed by atoms with E-state index in [9.17, 15) is 4.79 Å². The SMILES string of the molecule is Cc1ccc([C@@H]2C(/C=c3\sc4nc5ccccc5n4c3=O)=C(c3cccs3)Oc3ccccc32)cc1. The Morgan fingerprint density at radius 2 is 1.75 bits per heavy atom. The summed E-state index contributed by atoms with van der Waals surface area (Å²) in [6, 6.07) is 28.7. The van der Waals surface area contributed by atoms with Gasteiger partial charge < -0.3 is 4.74 Å². The van der Waals surface area contributed by atoms with Gasteiger partial charge in [-0.05, 0) is 48.2 Å². The van der Waals surface area contributed by atoms with E-state index >= 15 is 0 Å². The molecule has 0 saturated carbocycles. The van der Waals surface area contributed by atoms with Crippen LogP contribution in [0.5, 0.6) is 5.75 Å². The molecular formula is C30H20N2O2S2. The minimum absolute atomic E-state index is 0.0526. The van der Waals surface area contributed by atoms with Crippen molar-refractivity contribution in [3.8, 4) is 5.75 Å². The number of hydrogen-bond donors (Lipinski definition) is 0. The number of hydrogen-bond acceptors (Lipinski definition) is 5. The van der Waals surface area contributed by atoms with Crippen LogP contribution in [-0.2, 0) is 0 Å². The second-order valence-corrected chi connectivity index (χ2v) is 10.8. The van der Waals surface area contributed by atoms with Gasteiger partial charge in [-0.25, -0.2) is 9.38 Å². The van der Waals surface area contributed by atoms with Crippen LogP contribution in [0.15, 0.2) is 101 Å². The Hall–Kier alpha value is -4.00. The monoisotopic (exact) mass is 504 g/mol. The molecule has 4 heterocycles. The highest BCUT2D eigenvalue weighted by molar-refractivity contribution is 7.15. The van der Waals surface area contributed by atoms with E-state index in [-0.39, 0.29) is 11.5 Å². The smallest absolute Gasteiger partial charge is 0.274 e. The summed E-state index contributed by atoms with van der Waals surface area (Å²) in [4.78, 5) is 20.1. The van der Waals surface area contributed by atoms with Crippen LogP contribution in [0.25, 0.3) is 27.8 Å². The van der Waals surface area contributed by atoms with Crippen LogP contribution in [0.4, 0.5) is 0 Å². The van der Waals surface area contributed by atoms with E-state index in [0.717, 1.165) is 44.1 Å². The number of rotatable bonds is 3. The molecule has 0 bridgehead atoms. The van der Waals surface area contributed by atoms with E-state index in [0.29, 0.717) is 9.49 Å². The minimum atomic E-state index is -0.0711. The molecule has 3 aromatic heterocycles. The molecule has 3 aromatic carbocycles. The topological polar surface area (TPSA) is 43.6 Å². The van der Waals surface area contributed by atoms with Crippen LogP contribution in [0.3, 0.4) is 0 Å². The van der Waals surface area contributed by atoms with Crippen molar-refractivity contribution >= 4 is 50.5 Å². The lowest BCUT2D eigenvalue weighted by atomic mass is 9.81. The van der Waals surface area contributed by atoms with Gasteiger partial charge in [-0.1, -0.05) is 77.6 Å². The summed E-state index contributed by atoms with van der Waals surface area (Å²) in [6.45, 7) is 2.09. The molecule has 0 aliphatic carbocycles. The predicted octanol–water partition coefficient (Wildman–Crippen LogP) is 6.41. The van der Waals surface area contributed by atoms with Crippen LogP contribution < -0.4 is 14.8 Å². The summed E-state index contributed by atoms with van der Waals surface area (Å²) in [5, 5.41) is 2.05. The van der Waals surface area contributed by atoms with Gasteiger partial charge in [-0.15, -0.1) is 11.3 Å². The van der Waals surface area contributed by atoms with E-state index < -0.39 is 0 Å². The Bertz CT molecular complexity index is 1890. The number of thiophene rings is 1. The summed E-state index contributed by atoms with van der Waals surface area (Å²) >= 11 is 3.06. The number of nitrogens with zero attached hydrogens (tertiary/aromatic N) is 2. The van der Waals surface area contributed by atoms with Crippen molar-refractivity contribution in [2.24, 2.45) is 0 Å². The minimum Gasteiger partial charge on any atom is -0.455 e. The first kappa shape index (κ1) is 21.3. The second kappa shape index (κ2) is 8.29. The molecule has 1 atom stereocenters. The summed E-state index contributed by atoms with van der Waals surface area (Å²) < 4.78 is 8.90. The first-order valence-electron chi connectivity index (χ1n) is 11.7. The number of allylic oxidation sites excluding steroid dienone is 1. The lowest BCUT2D eigenvalue weighted by Gasteiger charge is -2.29. The molecule has 0 unspecified atom stereocenters. The maximum absolute atomic E-state index is 13.6. The molecule has 0 radical (unpaired) electrons. The first-order chi connectivity index (χ1) is 17.7. The summed E-state index contributed by atoms with van der Waals surface area (Å²) in [5.74, 6) is 1.57. The third-order valence-electron chi connectivity index (χ3n) is 6.60. The average molecular weight is 505 g/mol. The van der Waals surface area contributed by atoms with Gasteiger partial charge >= 0.3 is 0 Å². The van der Waals surface area contributed by atoms with E-state index in [1.807, 2.05) is 54.6 Å². The summed E-state index contributed by atoms with van der Waals surface area (Å²) in [5.41, 5.74) is 6.05. The highest BCUT2D eigenvalue weighted by Crippen LogP contribution is 2.47. The van der Waals surface area contributed by atoms with Gasteiger partial charge in [0.15, 0.2) is 4.96 Å². The number of thiazole rings is 1. The van der Waals surface area contributed by atoms with Gasteiger partial charge in [-0.3, -0.25) is 4.79 Å². The third kappa shape index (κ3) is 3.33. The van der Waals surface area contributed by atoms with Gasteiger partial charge in [0, 0.05) is 17.1 Å². The first-order valence-corrected chi connectivity index (χ1v) is 13.4. The highest BCUT2D eigenvalue weighted by Gasteiger charge is 2.31. The maximum Gasteiger partial charge on any atom is 0.274 e. The molecule has 0 fully saturated rings. The molecule has 6 aromatic rings. The molecule has 4 nitrogen and oxygen atoms in total. The fourth-order valence-electron chi connectivity index (χ4n) is 4.90. The Labute approximate surface area is 215 Å². The molecule has 6 heteroatoms. The van der Waals surface area contributed by atoms with Crippen LogP contribution in [-0.4, -0.2) is 9.38 Å². The molecule has 0 amide bonds. The average Bonchev–Trinajstić information content (AvgIpc) is 3.62. The molecule has 1 aliphatic heterocycles. The lowest BCUT2D eigenvalue weighted by Crippen LogP contribution is -2.24. The van der Waals surface area contributed by atoms with Gasteiger partial charge in [0.1, 0.15) is 11.5 Å². The van der Waals surface area contributed by atoms with Crippen LogP contribution in [0.1, 0.15) is 27.5 Å². The molecule has 0 N–H and O–H groups in total. The number of aromatic nitrogens is 2. The number of fused-ring (bicyclic) bond motifs is 4. The summed E-state index contributed by atoms with van der Waals surface area (Å²) in [7, 11) is 0. The molecule has 1 aliphatic rings. The van der Waals surface area contributed by atoms with Gasteiger partial charge in [-0.2, -0.15) is 0 Å². The zero-order chi connectivity index (χ0) is 24.2. The fraction of sp³-hybridized carbons (Fsp3) is 0.0667. The molecule has 7 rings (SSSR count). The van der Waals surface area contributed by atoms with Gasteiger partial charge in [0.25, 0.3) is 5.56 Å². The van der Waals surface area contributed by atoms with Crippen molar-refractivity contribution in [2.75, 3.05) is 0 Å². The molecule has 174 valence electrons. The van der Waals surface area contributed by atoms with Gasteiger partial charge in [0.05, 0.1) is 20.4 Å². The van der Waals surface area contributed by atoms with Crippen LogP contribution in [0.2, 0.25) is 0 Å². The van der Waals surface area contributed by atoms with Crippen molar-refractivity contribution in [3.63, 3.8) is 0 Å². The van der Waals surface area contributed by atoms with E-state index in [1.54, 1.807) is 15.7 Å². The molecule has 0 spiro atoms. The van der Waals surface area contributed by atoms with Crippen LogP contribution >= 0.6 is 22.7 Å². The quantitative estimate of drug-likeness (QED) is 0.280. The number of para-hydroxylation sites is 3. The normalized spacial score (nSPS) is 16.0. The zero-order valence-corrected chi connectivity index (χ0v) is 21.0. The zero-order valence-electron chi connectivity index (χ0n) is 19.3. The van der Waals surface area contributed by atoms with E-state index in [1.165, 1.54) is 16.9 Å². The third-order valence-corrected chi connectivity index (χ3v) is 8.44. The maximum atomic E-state index is 13.6. The number of ether oxygens (including phenoxy) is 1. The number of benzene rings is 3. The van der Waals surface area contributed by atoms with Crippen molar-refractivity contribution in [3.05, 3.63) is 132 Å². The standard InChI is InChI=1S/C30H20N2O2S2/c1-18-12-14-19(15-13-18)27-20-7-2-5-10-24(20)34-28(25-11-6-16-35-25)21(27)17-26-29(33)32-23-9-4-3-8-22(23)31-30(32)36-26/h2-17,27H,1H3/b26-17-/t27-/m0/s1. The molecule has 36 heavy (non-hydrogen) atoms. The predicted molar refractivity (Wildman–Crippen MR) is 148 cm³/mol.